The van der Waals surface area contributed by atoms with Crippen molar-refractivity contribution in [3.05, 3.63) is 70.8 Å². The van der Waals surface area contributed by atoms with Gasteiger partial charge in [-0.25, -0.2) is 4.98 Å². The normalized spacial score (nSPS) is 12.1. The Morgan fingerprint density at radius 1 is 1.16 bits per heavy atom. The number of amides is 1. The van der Waals surface area contributed by atoms with E-state index in [4.69, 9.17) is 0 Å². The number of fused-ring (bicyclic) bond motifs is 1. The number of aromatic nitrogens is 2. The zero-order valence-corrected chi connectivity index (χ0v) is 14.4. The van der Waals surface area contributed by atoms with Gasteiger partial charge in [0.2, 0.25) is 0 Å². The standard InChI is InChI=1S/C20H21N3O2/c1-3-6-14(2)22-19(24)15-9-11-16(12-10-15)23-13-21-18-8-5-4-7-17(18)20(23)25/h4-5,7-14H,3,6H2,1-2H3,(H,22,24). The van der Waals surface area contributed by atoms with Gasteiger partial charge in [0, 0.05) is 11.6 Å². The van der Waals surface area contributed by atoms with Gasteiger partial charge in [0.25, 0.3) is 11.5 Å². The number of hydrogen-bond donors (Lipinski definition) is 1. The summed E-state index contributed by atoms with van der Waals surface area (Å²) in [6.07, 6.45) is 3.49. The quantitative estimate of drug-likeness (QED) is 0.778. The molecule has 0 fully saturated rings. The van der Waals surface area contributed by atoms with Gasteiger partial charge in [-0.2, -0.15) is 0 Å². The van der Waals surface area contributed by atoms with Crippen LogP contribution in [0.15, 0.2) is 59.7 Å². The van der Waals surface area contributed by atoms with Crippen molar-refractivity contribution in [2.45, 2.75) is 32.7 Å². The van der Waals surface area contributed by atoms with E-state index in [1.54, 1.807) is 30.3 Å². The van der Waals surface area contributed by atoms with Crippen molar-refractivity contribution in [3.63, 3.8) is 0 Å². The largest absolute Gasteiger partial charge is 0.350 e. The molecular weight excluding hydrogens is 314 g/mol. The summed E-state index contributed by atoms with van der Waals surface area (Å²) in [4.78, 5) is 29.2. The second kappa shape index (κ2) is 7.30. The molecule has 1 N–H and O–H groups in total. The predicted octanol–water partition coefficient (Wildman–Crippen LogP) is 3.30. The van der Waals surface area contributed by atoms with Gasteiger partial charge >= 0.3 is 0 Å². The molecule has 0 spiro atoms. The molecule has 1 atom stereocenters. The Labute approximate surface area is 146 Å². The third kappa shape index (κ3) is 3.60. The number of para-hydroxylation sites is 1. The fourth-order valence-electron chi connectivity index (χ4n) is 2.84. The van der Waals surface area contributed by atoms with Crippen LogP contribution in [-0.2, 0) is 0 Å². The Balaban J connectivity index is 1.87. The molecule has 1 heterocycles. The van der Waals surface area contributed by atoms with Gasteiger partial charge in [-0.05, 0) is 49.7 Å². The molecule has 5 nitrogen and oxygen atoms in total. The summed E-state index contributed by atoms with van der Waals surface area (Å²) < 4.78 is 1.49. The molecule has 0 saturated heterocycles. The molecule has 1 unspecified atom stereocenters. The van der Waals surface area contributed by atoms with Crippen LogP contribution in [-0.4, -0.2) is 21.5 Å². The fourth-order valence-corrected chi connectivity index (χ4v) is 2.84. The molecule has 3 aromatic rings. The molecule has 0 aliphatic heterocycles. The van der Waals surface area contributed by atoms with E-state index in [9.17, 15) is 9.59 Å². The van der Waals surface area contributed by atoms with E-state index >= 15 is 0 Å². The summed E-state index contributed by atoms with van der Waals surface area (Å²) in [6.45, 7) is 4.09. The van der Waals surface area contributed by atoms with Gasteiger partial charge in [0.05, 0.1) is 16.6 Å². The van der Waals surface area contributed by atoms with E-state index in [0.29, 0.717) is 22.2 Å². The maximum atomic E-state index is 12.6. The molecule has 5 heteroatoms. The van der Waals surface area contributed by atoms with Crippen LogP contribution in [0.2, 0.25) is 0 Å². The van der Waals surface area contributed by atoms with E-state index in [2.05, 4.69) is 17.2 Å². The lowest BCUT2D eigenvalue weighted by Gasteiger charge is -2.13. The second-order valence-electron chi connectivity index (χ2n) is 6.15. The van der Waals surface area contributed by atoms with Crippen molar-refractivity contribution in [1.29, 1.82) is 0 Å². The maximum absolute atomic E-state index is 12.6. The van der Waals surface area contributed by atoms with E-state index in [1.807, 2.05) is 25.1 Å². The Bertz CT molecular complexity index is 945. The highest BCUT2D eigenvalue weighted by molar-refractivity contribution is 5.94. The van der Waals surface area contributed by atoms with Crippen LogP contribution >= 0.6 is 0 Å². The van der Waals surface area contributed by atoms with E-state index in [1.165, 1.54) is 10.9 Å². The average Bonchev–Trinajstić information content (AvgIpc) is 2.62. The summed E-state index contributed by atoms with van der Waals surface area (Å²) in [6, 6.07) is 14.4. The SMILES string of the molecule is CCCC(C)NC(=O)c1ccc(-n2cnc3ccccc3c2=O)cc1. The summed E-state index contributed by atoms with van der Waals surface area (Å²) in [5.41, 5.74) is 1.80. The first-order chi connectivity index (χ1) is 12.1. The van der Waals surface area contributed by atoms with Gasteiger partial charge in [-0.15, -0.1) is 0 Å². The highest BCUT2D eigenvalue weighted by Crippen LogP contribution is 2.11. The summed E-state index contributed by atoms with van der Waals surface area (Å²) in [5, 5.41) is 3.54. The van der Waals surface area contributed by atoms with E-state index in [0.717, 1.165) is 12.8 Å². The van der Waals surface area contributed by atoms with Crippen LogP contribution < -0.4 is 10.9 Å². The Hall–Kier alpha value is -2.95. The Morgan fingerprint density at radius 2 is 1.88 bits per heavy atom. The van der Waals surface area contributed by atoms with E-state index < -0.39 is 0 Å². The fraction of sp³-hybridized carbons (Fsp3) is 0.250. The molecular formula is C20H21N3O2. The van der Waals surface area contributed by atoms with Crippen molar-refractivity contribution in [2.75, 3.05) is 0 Å². The van der Waals surface area contributed by atoms with Gasteiger partial charge in [0.15, 0.2) is 0 Å². The summed E-state index contributed by atoms with van der Waals surface area (Å²) >= 11 is 0. The first-order valence-electron chi connectivity index (χ1n) is 8.48. The highest BCUT2D eigenvalue weighted by Gasteiger charge is 2.10. The highest BCUT2D eigenvalue weighted by atomic mass is 16.1. The molecule has 0 saturated carbocycles. The van der Waals surface area contributed by atoms with Gasteiger partial charge in [0.1, 0.15) is 6.33 Å². The lowest BCUT2D eigenvalue weighted by molar-refractivity contribution is 0.0938. The summed E-state index contributed by atoms with van der Waals surface area (Å²) in [7, 11) is 0. The monoisotopic (exact) mass is 335 g/mol. The van der Waals surface area contributed by atoms with Crippen LogP contribution in [0, 0.1) is 0 Å². The number of carbonyl (C=O) groups is 1. The zero-order valence-electron chi connectivity index (χ0n) is 14.4. The van der Waals surface area contributed by atoms with Crippen molar-refractivity contribution >= 4 is 16.8 Å². The topological polar surface area (TPSA) is 64.0 Å². The molecule has 25 heavy (non-hydrogen) atoms. The Kier molecular flexibility index (Phi) is 4.93. The molecule has 128 valence electrons. The minimum Gasteiger partial charge on any atom is -0.350 e. The molecule has 0 bridgehead atoms. The van der Waals surface area contributed by atoms with Crippen LogP contribution in [0.25, 0.3) is 16.6 Å². The molecule has 0 aliphatic carbocycles. The Morgan fingerprint density at radius 3 is 2.60 bits per heavy atom. The van der Waals surface area contributed by atoms with E-state index in [-0.39, 0.29) is 17.5 Å². The van der Waals surface area contributed by atoms with Gasteiger partial charge < -0.3 is 5.32 Å². The number of hydrogen-bond acceptors (Lipinski definition) is 3. The van der Waals surface area contributed by atoms with Crippen molar-refractivity contribution in [3.8, 4) is 5.69 Å². The third-order valence-corrected chi connectivity index (χ3v) is 4.17. The first kappa shape index (κ1) is 16.9. The number of rotatable bonds is 5. The van der Waals surface area contributed by atoms with Crippen LogP contribution in [0.1, 0.15) is 37.0 Å². The molecule has 1 aromatic heterocycles. The number of carbonyl (C=O) groups excluding carboxylic acids is 1. The smallest absolute Gasteiger partial charge is 0.265 e. The lowest BCUT2D eigenvalue weighted by atomic mass is 10.1. The zero-order chi connectivity index (χ0) is 17.8. The second-order valence-corrected chi connectivity index (χ2v) is 6.15. The van der Waals surface area contributed by atoms with Gasteiger partial charge in [-0.1, -0.05) is 25.5 Å². The average molecular weight is 335 g/mol. The van der Waals surface area contributed by atoms with Crippen LogP contribution in [0.3, 0.4) is 0 Å². The predicted molar refractivity (Wildman–Crippen MR) is 99.2 cm³/mol. The minimum absolute atomic E-state index is 0.100. The van der Waals surface area contributed by atoms with Crippen molar-refractivity contribution < 1.29 is 4.79 Å². The molecule has 1 amide bonds. The minimum atomic E-state index is -0.126. The third-order valence-electron chi connectivity index (χ3n) is 4.17. The van der Waals surface area contributed by atoms with Gasteiger partial charge in [-0.3, -0.25) is 14.2 Å². The molecule has 0 aliphatic rings. The number of benzene rings is 2. The molecule has 3 rings (SSSR count). The number of nitrogens with zero attached hydrogens (tertiary/aromatic N) is 2. The molecule has 2 aromatic carbocycles. The maximum Gasteiger partial charge on any atom is 0.265 e. The molecule has 0 radical (unpaired) electrons. The summed E-state index contributed by atoms with van der Waals surface area (Å²) in [5.74, 6) is -0.100. The number of nitrogens with one attached hydrogen (secondary N) is 1. The lowest BCUT2D eigenvalue weighted by Crippen LogP contribution is -2.32. The first-order valence-corrected chi connectivity index (χ1v) is 8.48. The van der Waals surface area contributed by atoms with Crippen LogP contribution in [0.5, 0.6) is 0 Å². The van der Waals surface area contributed by atoms with Crippen molar-refractivity contribution in [2.24, 2.45) is 0 Å². The van der Waals surface area contributed by atoms with Crippen LogP contribution in [0.4, 0.5) is 0 Å². The van der Waals surface area contributed by atoms with Crippen molar-refractivity contribution in [1.82, 2.24) is 14.9 Å².